The Hall–Kier alpha value is -2.22. The van der Waals surface area contributed by atoms with Gasteiger partial charge in [0.2, 0.25) is 5.91 Å². The summed E-state index contributed by atoms with van der Waals surface area (Å²) in [7, 11) is -3.96. The van der Waals surface area contributed by atoms with Gasteiger partial charge in [0.1, 0.15) is 5.01 Å². The molecule has 0 saturated heterocycles. The third-order valence-corrected chi connectivity index (χ3v) is 6.17. The number of benzene rings is 2. The summed E-state index contributed by atoms with van der Waals surface area (Å²) in [5.41, 5.74) is 2.24. The maximum atomic E-state index is 12.5. The van der Waals surface area contributed by atoms with Gasteiger partial charge in [0.15, 0.2) is 0 Å². The molecular formula is C18H15ClN2O3S2. The van der Waals surface area contributed by atoms with Crippen molar-refractivity contribution in [2.24, 2.45) is 0 Å². The van der Waals surface area contributed by atoms with Gasteiger partial charge in [-0.3, -0.25) is 4.79 Å². The summed E-state index contributed by atoms with van der Waals surface area (Å²) in [6.07, 6.45) is -0.0538. The molecular weight excluding hydrogens is 392 g/mol. The number of nitrogens with one attached hydrogen (secondary N) is 1. The number of aryl methyl sites for hydroxylation is 1. The van der Waals surface area contributed by atoms with E-state index in [1.165, 1.54) is 23.5 Å². The molecule has 0 unspecified atom stereocenters. The SMILES string of the molecule is Cc1csc(-c2cccc(S(=O)(=O)NC(=O)Cc3ccc(Cl)cc3)c2)n1. The Morgan fingerprint density at radius 2 is 1.92 bits per heavy atom. The van der Waals surface area contributed by atoms with Gasteiger partial charge in [-0.2, -0.15) is 0 Å². The van der Waals surface area contributed by atoms with Crippen molar-refractivity contribution < 1.29 is 13.2 Å². The van der Waals surface area contributed by atoms with E-state index in [0.717, 1.165) is 10.7 Å². The molecule has 2 aromatic carbocycles. The van der Waals surface area contributed by atoms with Crippen LogP contribution in [0.4, 0.5) is 0 Å². The second kappa shape index (κ2) is 7.57. The van der Waals surface area contributed by atoms with Gasteiger partial charge < -0.3 is 0 Å². The van der Waals surface area contributed by atoms with E-state index >= 15 is 0 Å². The highest BCUT2D eigenvalue weighted by molar-refractivity contribution is 7.90. The van der Waals surface area contributed by atoms with Crippen molar-refractivity contribution in [3.8, 4) is 10.6 Å². The lowest BCUT2D eigenvalue weighted by Crippen LogP contribution is -2.31. The summed E-state index contributed by atoms with van der Waals surface area (Å²) in [5.74, 6) is -0.609. The van der Waals surface area contributed by atoms with Crippen LogP contribution in [0.3, 0.4) is 0 Å². The van der Waals surface area contributed by atoms with Crippen molar-refractivity contribution >= 4 is 38.9 Å². The first-order valence-electron chi connectivity index (χ1n) is 7.66. The molecule has 1 heterocycles. The summed E-state index contributed by atoms with van der Waals surface area (Å²) in [5, 5.41) is 3.17. The minimum atomic E-state index is -3.96. The summed E-state index contributed by atoms with van der Waals surface area (Å²) >= 11 is 7.24. The highest BCUT2D eigenvalue weighted by atomic mass is 35.5. The van der Waals surface area contributed by atoms with Gasteiger partial charge in [0, 0.05) is 21.7 Å². The van der Waals surface area contributed by atoms with Crippen LogP contribution in [-0.4, -0.2) is 19.3 Å². The average molecular weight is 407 g/mol. The van der Waals surface area contributed by atoms with Crippen molar-refractivity contribution in [3.05, 3.63) is 70.2 Å². The van der Waals surface area contributed by atoms with E-state index in [1.54, 1.807) is 36.4 Å². The van der Waals surface area contributed by atoms with E-state index in [4.69, 9.17) is 11.6 Å². The maximum Gasteiger partial charge on any atom is 0.264 e. The van der Waals surface area contributed by atoms with Crippen LogP contribution >= 0.6 is 22.9 Å². The molecule has 1 N–H and O–H groups in total. The van der Waals surface area contributed by atoms with Crippen LogP contribution < -0.4 is 4.72 Å². The number of thiazole rings is 1. The van der Waals surface area contributed by atoms with Crippen LogP contribution in [0.1, 0.15) is 11.3 Å². The molecule has 5 nitrogen and oxygen atoms in total. The second-order valence-corrected chi connectivity index (χ2v) is 8.63. The second-order valence-electron chi connectivity index (χ2n) is 5.65. The molecule has 0 aliphatic heterocycles. The van der Waals surface area contributed by atoms with E-state index in [9.17, 15) is 13.2 Å². The van der Waals surface area contributed by atoms with Gasteiger partial charge in [-0.05, 0) is 36.8 Å². The molecule has 26 heavy (non-hydrogen) atoms. The molecule has 0 fully saturated rings. The lowest BCUT2D eigenvalue weighted by Gasteiger charge is -2.08. The molecule has 0 atom stereocenters. The number of aromatic nitrogens is 1. The van der Waals surface area contributed by atoms with E-state index in [1.807, 2.05) is 12.3 Å². The van der Waals surface area contributed by atoms with E-state index in [2.05, 4.69) is 9.71 Å². The maximum absolute atomic E-state index is 12.5. The number of carbonyl (C=O) groups excluding carboxylic acids is 1. The molecule has 0 bridgehead atoms. The van der Waals surface area contributed by atoms with Crippen LogP contribution in [-0.2, 0) is 21.2 Å². The zero-order valence-electron chi connectivity index (χ0n) is 13.8. The Bertz CT molecular complexity index is 1040. The molecule has 0 saturated carbocycles. The number of rotatable bonds is 5. The van der Waals surface area contributed by atoms with Crippen molar-refractivity contribution in [3.63, 3.8) is 0 Å². The summed E-state index contributed by atoms with van der Waals surface area (Å²) in [6, 6.07) is 13.0. The van der Waals surface area contributed by atoms with Gasteiger partial charge in [-0.15, -0.1) is 11.3 Å². The fraction of sp³-hybridized carbons (Fsp3) is 0.111. The number of nitrogens with zero attached hydrogens (tertiary/aromatic N) is 1. The molecule has 0 aliphatic carbocycles. The summed E-state index contributed by atoms with van der Waals surface area (Å²) < 4.78 is 27.1. The normalized spacial score (nSPS) is 11.3. The minimum absolute atomic E-state index is 0.0207. The monoisotopic (exact) mass is 406 g/mol. The first kappa shape index (κ1) is 18.6. The summed E-state index contributed by atoms with van der Waals surface area (Å²) in [4.78, 5) is 16.5. The van der Waals surface area contributed by atoms with Crippen LogP contribution in [0.2, 0.25) is 5.02 Å². The van der Waals surface area contributed by atoms with Crippen LogP contribution in [0.5, 0.6) is 0 Å². The number of halogens is 1. The highest BCUT2D eigenvalue weighted by Gasteiger charge is 2.19. The molecule has 3 rings (SSSR count). The molecule has 8 heteroatoms. The Kier molecular flexibility index (Phi) is 5.41. The molecule has 0 spiro atoms. The van der Waals surface area contributed by atoms with E-state index in [-0.39, 0.29) is 11.3 Å². The molecule has 0 aliphatic rings. The predicted molar refractivity (Wildman–Crippen MR) is 103 cm³/mol. The minimum Gasteiger partial charge on any atom is -0.274 e. The van der Waals surface area contributed by atoms with Gasteiger partial charge in [-0.1, -0.05) is 35.9 Å². The molecule has 1 aromatic heterocycles. The zero-order chi connectivity index (χ0) is 18.7. The highest BCUT2D eigenvalue weighted by Crippen LogP contribution is 2.25. The van der Waals surface area contributed by atoms with E-state index < -0.39 is 15.9 Å². The van der Waals surface area contributed by atoms with Gasteiger partial charge in [0.25, 0.3) is 10.0 Å². The predicted octanol–water partition coefficient (Wildman–Crippen LogP) is 3.82. The van der Waals surface area contributed by atoms with Crippen LogP contribution in [0, 0.1) is 6.92 Å². The Morgan fingerprint density at radius 1 is 1.19 bits per heavy atom. The summed E-state index contributed by atoms with van der Waals surface area (Å²) in [6.45, 7) is 1.87. The van der Waals surface area contributed by atoms with E-state index in [0.29, 0.717) is 16.1 Å². The lowest BCUT2D eigenvalue weighted by atomic mass is 10.1. The van der Waals surface area contributed by atoms with Crippen molar-refractivity contribution in [1.29, 1.82) is 0 Å². The zero-order valence-corrected chi connectivity index (χ0v) is 16.2. The van der Waals surface area contributed by atoms with Gasteiger partial charge in [0.05, 0.1) is 11.3 Å². The van der Waals surface area contributed by atoms with Gasteiger partial charge >= 0.3 is 0 Å². The Morgan fingerprint density at radius 3 is 2.58 bits per heavy atom. The topological polar surface area (TPSA) is 76.1 Å². The molecule has 3 aromatic rings. The van der Waals surface area contributed by atoms with Gasteiger partial charge in [-0.25, -0.2) is 18.1 Å². The van der Waals surface area contributed by atoms with Crippen molar-refractivity contribution in [1.82, 2.24) is 9.71 Å². The standard InChI is InChI=1S/C18H15ClN2O3S2/c1-12-11-25-18(20-12)14-3-2-4-16(10-14)26(23,24)21-17(22)9-13-5-7-15(19)8-6-13/h2-8,10-11H,9H2,1H3,(H,21,22). The third-order valence-electron chi connectivity index (χ3n) is 3.54. The quantitative estimate of drug-likeness (QED) is 0.698. The number of amides is 1. The fourth-order valence-electron chi connectivity index (χ4n) is 2.32. The van der Waals surface area contributed by atoms with Crippen molar-refractivity contribution in [2.45, 2.75) is 18.2 Å². The lowest BCUT2D eigenvalue weighted by molar-refractivity contribution is -0.118. The van der Waals surface area contributed by atoms with Crippen molar-refractivity contribution in [2.75, 3.05) is 0 Å². The Labute approximate surface area is 160 Å². The number of hydrogen-bond donors (Lipinski definition) is 1. The first-order chi connectivity index (χ1) is 12.3. The number of sulfonamides is 1. The third kappa shape index (κ3) is 4.49. The Balaban J connectivity index is 1.77. The molecule has 1 amide bonds. The first-order valence-corrected chi connectivity index (χ1v) is 10.4. The smallest absolute Gasteiger partial charge is 0.264 e. The largest absolute Gasteiger partial charge is 0.274 e. The number of carbonyl (C=O) groups is 1. The van der Waals surface area contributed by atoms with Crippen LogP contribution in [0.15, 0.2) is 58.8 Å². The molecule has 0 radical (unpaired) electrons. The fourth-order valence-corrected chi connectivity index (χ4v) is 4.27. The van der Waals surface area contributed by atoms with Crippen LogP contribution in [0.25, 0.3) is 10.6 Å². The molecule has 134 valence electrons. The number of hydrogen-bond acceptors (Lipinski definition) is 5. The average Bonchev–Trinajstić information content (AvgIpc) is 3.03.